The van der Waals surface area contributed by atoms with Crippen LogP contribution in [0.4, 0.5) is 0 Å². The molecule has 1 heterocycles. The van der Waals surface area contributed by atoms with Crippen LogP contribution in [0.15, 0.2) is 22.5 Å². The molecular formula is C15H27IN4OS. The average molecular weight is 438 g/mol. The normalized spacial score (nSPS) is 11.0. The summed E-state index contributed by atoms with van der Waals surface area (Å²) < 4.78 is 0. The molecule has 1 aromatic rings. The van der Waals surface area contributed by atoms with Gasteiger partial charge >= 0.3 is 0 Å². The highest BCUT2D eigenvalue weighted by molar-refractivity contribution is 14.0. The van der Waals surface area contributed by atoms with E-state index in [0.29, 0.717) is 13.1 Å². The lowest BCUT2D eigenvalue weighted by molar-refractivity contribution is -0.123. The number of aliphatic imine (C=N–C) groups is 1. The molecule has 0 bridgehead atoms. The van der Waals surface area contributed by atoms with Gasteiger partial charge in [-0.15, -0.1) is 35.3 Å². The number of guanidine groups is 1. The molecule has 0 aliphatic rings. The summed E-state index contributed by atoms with van der Waals surface area (Å²) in [5, 5.41) is 11.4. The Morgan fingerprint density at radius 1 is 1.27 bits per heavy atom. The maximum absolute atomic E-state index is 11.4. The topological polar surface area (TPSA) is 65.5 Å². The van der Waals surface area contributed by atoms with Gasteiger partial charge < -0.3 is 16.0 Å². The van der Waals surface area contributed by atoms with Gasteiger partial charge in [0.15, 0.2) is 5.96 Å². The maximum atomic E-state index is 11.4. The largest absolute Gasteiger partial charge is 0.357 e. The molecule has 7 heteroatoms. The third-order valence-corrected chi connectivity index (χ3v) is 3.73. The molecule has 1 rings (SSSR count). The van der Waals surface area contributed by atoms with Crippen molar-refractivity contribution in [1.29, 1.82) is 0 Å². The fourth-order valence-corrected chi connectivity index (χ4v) is 2.34. The van der Waals surface area contributed by atoms with Crippen LogP contribution in [-0.4, -0.2) is 38.0 Å². The molecule has 0 fully saturated rings. The van der Waals surface area contributed by atoms with Crippen LogP contribution in [0.3, 0.4) is 0 Å². The van der Waals surface area contributed by atoms with Gasteiger partial charge in [0, 0.05) is 43.4 Å². The Morgan fingerprint density at radius 3 is 2.59 bits per heavy atom. The van der Waals surface area contributed by atoms with Gasteiger partial charge in [0.1, 0.15) is 0 Å². The van der Waals surface area contributed by atoms with Crippen molar-refractivity contribution in [2.75, 3.05) is 26.2 Å². The molecular weight excluding hydrogens is 411 g/mol. The van der Waals surface area contributed by atoms with Crippen LogP contribution in [0.25, 0.3) is 0 Å². The zero-order chi connectivity index (χ0) is 15.5. The van der Waals surface area contributed by atoms with Crippen molar-refractivity contribution in [2.24, 2.45) is 10.9 Å². The van der Waals surface area contributed by atoms with Crippen molar-refractivity contribution in [2.45, 2.75) is 27.2 Å². The third-order valence-electron chi connectivity index (χ3n) is 2.79. The maximum Gasteiger partial charge on any atom is 0.222 e. The molecule has 5 nitrogen and oxygen atoms in total. The van der Waals surface area contributed by atoms with E-state index in [1.807, 2.05) is 20.8 Å². The van der Waals surface area contributed by atoms with Gasteiger partial charge in [0.25, 0.3) is 0 Å². The number of nitrogens with zero attached hydrogens (tertiary/aromatic N) is 1. The summed E-state index contributed by atoms with van der Waals surface area (Å²) in [5.41, 5.74) is 0. The van der Waals surface area contributed by atoms with E-state index in [9.17, 15) is 4.79 Å². The van der Waals surface area contributed by atoms with Gasteiger partial charge in [0.2, 0.25) is 5.91 Å². The molecule has 3 N–H and O–H groups in total. The Labute approximate surface area is 154 Å². The van der Waals surface area contributed by atoms with Gasteiger partial charge in [0.05, 0.1) is 0 Å². The second-order valence-corrected chi connectivity index (χ2v) is 5.99. The number of rotatable bonds is 8. The van der Waals surface area contributed by atoms with Gasteiger partial charge in [-0.2, -0.15) is 0 Å². The summed E-state index contributed by atoms with van der Waals surface area (Å²) in [6.45, 7) is 8.67. The molecule has 0 unspecified atom stereocenters. The third kappa shape index (κ3) is 9.24. The summed E-state index contributed by atoms with van der Waals surface area (Å²) in [7, 11) is 0. The van der Waals surface area contributed by atoms with Crippen molar-refractivity contribution in [3.05, 3.63) is 22.4 Å². The molecule has 0 saturated heterocycles. The van der Waals surface area contributed by atoms with E-state index >= 15 is 0 Å². The van der Waals surface area contributed by atoms with Crippen LogP contribution in [0.1, 0.15) is 25.6 Å². The summed E-state index contributed by atoms with van der Waals surface area (Å²) in [4.78, 5) is 17.3. The smallest absolute Gasteiger partial charge is 0.222 e. The minimum atomic E-state index is 0. The SMILES string of the molecule is CCNC(=NCCc1cccs1)NCCNC(=O)C(C)C.I. The first-order valence-corrected chi connectivity index (χ1v) is 8.33. The van der Waals surface area contributed by atoms with Crippen LogP contribution >= 0.6 is 35.3 Å². The Hall–Kier alpha value is -0.830. The number of hydrogen-bond donors (Lipinski definition) is 3. The van der Waals surface area contributed by atoms with E-state index in [1.165, 1.54) is 4.88 Å². The number of hydrogen-bond acceptors (Lipinski definition) is 3. The summed E-state index contributed by atoms with van der Waals surface area (Å²) in [6.07, 6.45) is 0.957. The standard InChI is InChI=1S/C15H26N4OS.HI/c1-4-16-15(18-8-7-13-6-5-11-21-13)19-10-9-17-14(20)12(2)3;/h5-6,11-12H,4,7-10H2,1-3H3,(H,17,20)(H2,16,18,19);1H. The molecule has 0 radical (unpaired) electrons. The fourth-order valence-electron chi connectivity index (χ4n) is 1.65. The Bertz CT molecular complexity index is 435. The highest BCUT2D eigenvalue weighted by Gasteiger charge is 2.05. The van der Waals surface area contributed by atoms with Crippen molar-refractivity contribution >= 4 is 47.2 Å². The van der Waals surface area contributed by atoms with E-state index in [1.54, 1.807) is 11.3 Å². The van der Waals surface area contributed by atoms with E-state index < -0.39 is 0 Å². The highest BCUT2D eigenvalue weighted by Crippen LogP contribution is 2.08. The first-order chi connectivity index (χ1) is 10.1. The van der Waals surface area contributed by atoms with Crippen LogP contribution in [0, 0.1) is 5.92 Å². The van der Waals surface area contributed by atoms with Crippen LogP contribution in [0.2, 0.25) is 0 Å². The Morgan fingerprint density at radius 2 is 2.00 bits per heavy atom. The number of carbonyl (C=O) groups is 1. The number of thiophene rings is 1. The van der Waals surface area contributed by atoms with Gasteiger partial charge in [-0.3, -0.25) is 9.79 Å². The fraction of sp³-hybridized carbons (Fsp3) is 0.600. The Kier molecular flexibility index (Phi) is 12.2. The molecule has 0 aromatic carbocycles. The van der Waals surface area contributed by atoms with Crippen LogP contribution in [-0.2, 0) is 11.2 Å². The number of halogens is 1. The van der Waals surface area contributed by atoms with E-state index in [0.717, 1.165) is 25.5 Å². The first kappa shape index (κ1) is 21.2. The number of amides is 1. The molecule has 0 saturated carbocycles. The first-order valence-electron chi connectivity index (χ1n) is 7.45. The van der Waals surface area contributed by atoms with Crippen molar-refractivity contribution < 1.29 is 4.79 Å². The summed E-state index contributed by atoms with van der Waals surface area (Å²) >= 11 is 1.76. The second kappa shape index (κ2) is 12.7. The van der Waals surface area contributed by atoms with Crippen molar-refractivity contribution in [1.82, 2.24) is 16.0 Å². The van der Waals surface area contributed by atoms with E-state index in [4.69, 9.17) is 0 Å². The molecule has 1 aromatic heterocycles. The lowest BCUT2D eigenvalue weighted by atomic mass is 10.2. The van der Waals surface area contributed by atoms with Gasteiger partial charge in [-0.05, 0) is 18.4 Å². The lowest BCUT2D eigenvalue weighted by Gasteiger charge is -2.12. The van der Waals surface area contributed by atoms with Gasteiger partial charge in [-0.1, -0.05) is 19.9 Å². The molecule has 126 valence electrons. The Balaban J connectivity index is 0.00000441. The monoisotopic (exact) mass is 438 g/mol. The van der Waals surface area contributed by atoms with Crippen LogP contribution in [0.5, 0.6) is 0 Å². The second-order valence-electron chi connectivity index (χ2n) is 4.96. The van der Waals surface area contributed by atoms with E-state index in [2.05, 4.69) is 38.5 Å². The lowest BCUT2D eigenvalue weighted by Crippen LogP contribution is -2.42. The predicted octanol–water partition coefficient (Wildman–Crippen LogP) is 2.24. The summed E-state index contributed by atoms with van der Waals surface area (Å²) in [5.74, 6) is 0.905. The quantitative estimate of drug-likeness (QED) is 0.253. The van der Waals surface area contributed by atoms with Crippen LogP contribution < -0.4 is 16.0 Å². The highest BCUT2D eigenvalue weighted by atomic mass is 127. The summed E-state index contributed by atoms with van der Waals surface area (Å²) in [6, 6.07) is 4.19. The number of nitrogens with one attached hydrogen (secondary N) is 3. The average Bonchev–Trinajstić information content (AvgIpc) is 2.96. The van der Waals surface area contributed by atoms with E-state index in [-0.39, 0.29) is 35.8 Å². The molecule has 0 aliphatic carbocycles. The molecule has 0 spiro atoms. The molecule has 1 amide bonds. The zero-order valence-corrected chi connectivity index (χ0v) is 16.7. The minimum absolute atomic E-state index is 0. The predicted molar refractivity (Wildman–Crippen MR) is 105 cm³/mol. The molecule has 22 heavy (non-hydrogen) atoms. The molecule has 0 aliphatic heterocycles. The van der Waals surface area contributed by atoms with Crippen molar-refractivity contribution in [3.63, 3.8) is 0 Å². The number of carbonyl (C=O) groups excluding carboxylic acids is 1. The zero-order valence-electron chi connectivity index (χ0n) is 13.5. The van der Waals surface area contributed by atoms with Gasteiger partial charge in [-0.25, -0.2) is 0 Å². The minimum Gasteiger partial charge on any atom is -0.357 e. The molecule has 0 atom stereocenters. The van der Waals surface area contributed by atoms with Crippen molar-refractivity contribution in [3.8, 4) is 0 Å².